The van der Waals surface area contributed by atoms with Crippen molar-refractivity contribution in [3.63, 3.8) is 0 Å². The predicted octanol–water partition coefficient (Wildman–Crippen LogP) is 28.6. The van der Waals surface area contributed by atoms with Crippen molar-refractivity contribution in [2.75, 3.05) is 0 Å². The molecular weight excluding hydrogens is 1380 g/mol. The number of benzene rings is 18. The minimum Gasteiger partial charge on any atom is -0.309 e. The van der Waals surface area contributed by atoms with Gasteiger partial charge in [0.25, 0.3) is 0 Å². The summed E-state index contributed by atoms with van der Waals surface area (Å²) in [6.45, 7) is 0. The zero-order chi connectivity index (χ0) is 74.9. The summed E-state index contributed by atoms with van der Waals surface area (Å²) in [5.74, 6) is 0. The molecule has 0 saturated heterocycles. The van der Waals surface area contributed by atoms with Crippen molar-refractivity contribution in [1.29, 1.82) is 0 Å². The Morgan fingerprint density at radius 2 is 0.298 bits per heavy atom. The van der Waals surface area contributed by atoms with Crippen molar-refractivity contribution in [2.24, 2.45) is 0 Å². The van der Waals surface area contributed by atoms with Crippen LogP contribution in [0.1, 0.15) is 0 Å². The minimum atomic E-state index is 1.14. The lowest BCUT2D eigenvalue weighted by Gasteiger charge is -2.14. The third-order valence-electron chi connectivity index (χ3n) is 23.6. The molecule has 0 aliphatic heterocycles. The predicted molar refractivity (Wildman–Crippen MR) is 481 cm³/mol. The molecular formula is C108H70N6. The molecule has 0 spiro atoms. The van der Waals surface area contributed by atoms with Crippen LogP contribution in [0.25, 0.3) is 209 Å². The molecule has 24 aromatic rings. The number of nitrogens with zero attached hydrogens (tertiary/aromatic N) is 6. The topological polar surface area (TPSA) is 29.6 Å². The summed E-state index contributed by atoms with van der Waals surface area (Å²) in [6.07, 6.45) is 0. The molecule has 0 saturated carbocycles. The molecule has 6 heteroatoms. The fourth-order valence-electron chi connectivity index (χ4n) is 18.5. The number of rotatable bonds is 10. The molecule has 6 heterocycles. The maximum Gasteiger partial charge on any atom is 0.0542 e. The van der Waals surface area contributed by atoms with Gasteiger partial charge < -0.3 is 27.4 Å². The molecule has 24 rings (SSSR count). The van der Waals surface area contributed by atoms with Gasteiger partial charge >= 0.3 is 0 Å². The summed E-state index contributed by atoms with van der Waals surface area (Å²) in [7, 11) is 0. The normalized spacial score (nSPS) is 11.9. The summed E-state index contributed by atoms with van der Waals surface area (Å²) in [5.41, 5.74) is 31.0. The Bertz CT molecular complexity index is 7890. The Morgan fingerprint density at radius 1 is 0.0965 bits per heavy atom. The molecule has 6 nitrogen and oxygen atoms in total. The second-order valence-corrected chi connectivity index (χ2v) is 30.0. The van der Waals surface area contributed by atoms with Crippen LogP contribution in [0.3, 0.4) is 0 Å². The van der Waals surface area contributed by atoms with E-state index in [0.29, 0.717) is 0 Å². The molecule has 0 aliphatic carbocycles. The van der Waals surface area contributed by atoms with Crippen molar-refractivity contribution in [2.45, 2.75) is 0 Å². The smallest absolute Gasteiger partial charge is 0.0542 e. The molecule has 0 aliphatic rings. The highest BCUT2D eigenvalue weighted by molar-refractivity contribution is 6.17. The summed E-state index contributed by atoms with van der Waals surface area (Å²) in [4.78, 5) is 0. The van der Waals surface area contributed by atoms with Crippen LogP contribution in [0, 0.1) is 0 Å². The number of hydrogen-bond donors (Lipinski definition) is 0. The Morgan fingerprint density at radius 3 is 0.570 bits per heavy atom. The van der Waals surface area contributed by atoms with Gasteiger partial charge in [-0.25, -0.2) is 0 Å². The average Bonchev–Trinajstić information content (AvgIpc) is 1.57. The van der Waals surface area contributed by atoms with E-state index < -0.39 is 0 Å². The van der Waals surface area contributed by atoms with E-state index >= 15 is 0 Å². The number of hydrogen-bond acceptors (Lipinski definition) is 0. The lowest BCUT2D eigenvalue weighted by atomic mass is 9.98. The van der Waals surface area contributed by atoms with Crippen LogP contribution in [0.5, 0.6) is 0 Å². The third-order valence-corrected chi connectivity index (χ3v) is 23.6. The van der Waals surface area contributed by atoms with Gasteiger partial charge in [-0.15, -0.1) is 0 Å². The Kier molecular flexibility index (Phi) is 14.9. The fraction of sp³-hybridized carbons (Fsp3) is 0. The van der Waals surface area contributed by atoms with Crippen LogP contribution in [-0.2, 0) is 0 Å². The van der Waals surface area contributed by atoms with E-state index in [-0.39, 0.29) is 0 Å². The molecule has 0 atom stereocenters. The molecule has 114 heavy (non-hydrogen) atoms. The first-order valence-corrected chi connectivity index (χ1v) is 39.2. The lowest BCUT2D eigenvalue weighted by Crippen LogP contribution is -1.96. The van der Waals surface area contributed by atoms with Crippen LogP contribution in [0.15, 0.2) is 425 Å². The standard InChI is InChI=1S/C60H39N3.C48H31N3/c1-4-16-40(17-5-1)44-34-45(41-18-6-2-7-19-41)36-48(35-44)63-57-27-15-11-23-50(57)53-38-43(29-32-59(53)63)42-28-31-58-52(37-42)49-22-10-14-26-56(49)62(58)47-30-33-60-54(39-47)51-24-12-13-25-55(51)61(60)46-20-8-3-9-21-46;1-3-13-34(14-4-1)49-43-20-10-7-17-37(43)40-29-32(23-26-46(40)49)33-24-27-47-41(30-33)38-18-8-12-22-45(38)51(47)36-25-28-48-42(31-36)39-19-9-11-21-44(39)50(48)35-15-5-2-6-16-35/h1-39H;1-31H. The molecule has 0 bridgehead atoms. The van der Waals surface area contributed by atoms with E-state index in [9.17, 15) is 0 Å². The quantitative estimate of drug-likeness (QED) is 0.131. The number of fused-ring (bicyclic) bond motifs is 18. The third kappa shape index (κ3) is 10.4. The van der Waals surface area contributed by atoms with Crippen LogP contribution >= 0.6 is 0 Å². The van der Waals surface area contributed by atoms with Gasteiger partial charge in [0.2, 0.25) is 0 Å². The molecule has 0 unspecified atom stereocenters. The number of aromatic nitrogens is 6. The molecule has 0 fully saturated rings. The highest BCUT2D eigenvalue weighted by Crippen LogP contribution is 2.45. The fourth-order valence-corrected chi connectivity index (χ4v) is 18.5. The second-order valence-electron chi connectivity index (χ2n) is 30.0. The monoisotopic (exact) mass is 1450 g/mol. The lowest BCUT2D eigenvalue weighted by molar-refractivity contribution is 1.17. The van der Waals surface area contributed by atoms with E-state index in [1.54, 1.807) is 0 Å². The largest absolute Gasteiger partial charge is 0.309 e. The first-order valence-electron chi connectivity index (χ1n) is 39.2. The van der Waals surface area contributed by atoms with E-state index in [2.05, 4.69) is 452 Å². The molecule has 18 aromatic carbocycles. The van der Waals surface area contributed by atoms with Crippen molar-refractivity contribution in [1.82, 2.24) is 27.4 Å². The van der Waals surface area contributed by atoms with E-state index in [1.165, 1.54) is 187 Å². The van der Waals surface area contributed by atoms with Crippen molar-refractivity contribution in [3.05, 3.63) is 425 Å². The first kappa shape index (κ1) is 64.7. The molecule has 532 valence electrons. The van der Waals surface area contributed by atoms with Crippen molar-refractivity contribution >= 4 is 131 Å². The van der Waals surface area contributed by atoms with Gasteiger partial charge in [-0.1, -0.05) is 249 Å². The average molecular weight is 1450 g/mol. The minimum absolute atomic E-state index is 1.14. The summed E-state index contributed by atoms with van der Waals surface area (Å²) in [5, 5.41) is 15.0. The van der Waals surface area contributed by atoms with Crippen LogP contribution in [0.4, 0.5) is 0 Å². The second kappa shape index (κ2) is 26.2. The number of para-hydroxylation sites is 9. The van der Waals surface area contributed by atoms with Crippen LogP contribution < -0.4 is 0 Å². The highest BCUT2D eigenvalue weighted by atomic mass is 15.0. The van der Waals surface area contributed by atoms with Crippen LogP contribution in [0.2, 0.25) is 0 Å². The van der Waals surface area contributed by atoms with Gasteiger partial charge in [-0.2, -0.15) is 0 Å². The van der Waals surface area contributed by atoms with Gasteiger partial charge in [0.1, 0.15) is 0 Å². The molecule has 0 radical (unpaired) electrons. The van der Waals surface area contributed by atoms with Gasteiger partial charge in [0.05, 0.1) is 66.2 Å². The van der Waals surface area contributed by atoms with Gasteiger partial charge in [-0.3, -0.25) is 0 Å². The zero-order valence-corrected chi connectivity index (χ0v) is 62.1. The first-order chi connectivity index (χ1) is 56.6. The zero-order valence-electron chi connectivity index (χ0n) is 62.1. The Labute approximate surface area is 657 Å². The summed E-state index contributed by atoms with van der Waals surface area (Å²) in [6, 6.07) is 155. The van der Waals surface area contributed by atoms with Gasteiger partial charge in [0.15, 0.2) is 0 Å². The summed E-state index contributed by atoms with van der Waals surface area (Å²) < 4.78 is 14.4. The summed E-state index contributed by atoms with van der Waals surface area (Å²) >= 11 is 0. The van der Waals surface area contributed by atoms with E-state index in [0.717, 1.165) is 22.7 Å². The maximum atomic E-state index is 2.44. The van der Waals surface area contributed by atoms with E-state index in [1.807, 2.05) is 0 Å². The molecule has 6 aromatic heterocycles. The molecule has 0 N–H and O–H groups in total. The van der Waals surface area contributed by atoms with Crippen molar-refractivity contribution in [3.8, 4) is 78.6 Å². The van der Waals surface area contributed by atoms with Crippen molar-refractivity contribution < 1.29 is 0 Å². The Balaban J connectivity index is 0.000000138. The Hall–Kier alpha value is -15.2. The van der Waals surface area contributed by atoms with Gasteiger partial charge in [0, 0.05) is 98.8 Å². The maximum absolute atomic E-state index is 2.44. The van der Waals surface area contributed by atoms with Gasteiger partial charge in [-0.05, 0) is 220 Å². The van der Waals surface area contributed by atoms with Crippen LogP contribution in [-0.4, -0.2) is 27.4 Å². The van der Waals surface area contributed by atoms with E-state index in [4.69, 9.17) is 0 Å². The SMILES string of the molecule is c1ccc(-c2cc(-c3ccccc3)cc(-n3c4ccccc4c4cc(-c5ccc6c(c5)c5ccccc5n6-c5ccc6c(c5)c5ccccc5n6-c5ccccc5)ccc43)c2)cc1.c1ccc(-n2c3ccccc3c3cc(-c4ccc5c(c4)c4ccccc4n5-c4ccc5c(c4)c4ccccc4n5-c4ccccc4)ccc32)cc1. The molecule has 0 amide bonds. The highest BCUT2D eigenvalue weighted by Gasteiger charge is 2.23.